The molecule has 2 aromatic carbocycles. The molecular weight excluding hydrogens is 253 g/mol. The molecule has 0 amide bonds. The topological polar surface area (TPSA) is 49.7 Å². The lowest BCUT2D eigenvalue weighted by Crippen LogP contribution is -2.29. The molecule has 0 aromatic heterocycles. The summed E-state index contributed by atoms with van der Waals surface area (Å²) >= 11 is 0. The van der Waals surface area contributed by atoms with E-state index in [2.05, 4.69) is 0 Å². The maximum absolute atomic E-state index is 13.3. The lowest BCUT2D eigenvalue weighted by molar-refractivity contribution is 0.288. The van der Waals surface area contributed by atoms with Crippen LogP contribution in [0.4, 0.5) is 8.78 Å². The van der Waals surface area contributed by atoms with Crippen molar-refractivity contribution in [3.05, 3.63) is 59.7 Å². The molecule has 0 saturated heterocycles. The Morgan fingerprint density at radius 2 is 1.84 bits per heavy atom. The molecular formula is C13H11BF2O3. The van der Waals surface area contributed by atoms with Crippen molar-refractivity contribution in [1.29, 1.82) is 0 Å². The highest BCUT2D eigenvalue weighted by molar-refractivity contribution is 6.58. The molecule has 0 bridgehead atoms. The normalized spacial score (nSPS) is 10.3. The summed E-state index contributed by atoms with van der Waals surface area (Å²) in [4.78, 5) is 0. The van der Waals surface area contributed by atoms with E-state index in [1.165, 1.54) is 12.1 Å². The molecule has 0 fully saturated rings. The van der Waals surface area contributed by atoms with Crippen molar-refractivity contribution in [2.45, 2.75) is 6.61 Å². The van der Waals surface area contributed by atoms with E-state index < -0.39 is 18.8 Å². The molecule has 3 nitrogen and oxygen atoms in total. The minimum Gasteiger partial charge on any atom is -0.486 e. The largest absolute Gasteiger partial charge is 0.488 e. The van der Waals surface area contributed by atoms with Crippen LogP contribution in [0.25, 0.3) is 0 Å². The highest BCUT2D eigenvalue weighted by Crippen LogP contribution is 2.19. The summed E-state index contributed by atoms with van der Waals surface area (Å²) < 4.78 is 31.4. The third kappa shape index (κ3) is 3.53. The van der Waals surface area contributed by atoms with Gasteiger partial charge in [0.1, 0.15) is 12.4 Å². The van der Waals surface area contributed by atoms with Gasteiger partial charge in [0.05, 0.1) is 0 Å². The van der Waals surface area contributed by atoms with Crippen LogP contribution >= 0.6 is 0 Å². The van der Waals surface area contributed by atoms with Gasteiger partial charge in [-0.3, -0.25) is 0 Å². The second-order valence-electron chi connectivity index (χ2n) is 3.98. The van der Waals surface area contributed by atoms with Gasteiger partial charge in [-0.15, -0.1) is 0 Å². The zero-order valence-corrected chi connectivity index (χ0v) is 9.88. The van der Waals surface area contributed by atoms with E-state index in [1.807, 2.05) is 0 Å². The SMILES string of the molecule is OB(O)c1cccc(COc2cc(F)ccc2F)c1. The summed E-state index contributed by atoms with van der Waals surface area (Å²) in [6.07, 6.45) is 0. The Hall–Kier alpha value is -1.92. The van der Waals surface area contributed by atoms with Gasteiger partial charge in [0.25, 0.3) is 0 Å². The summed E-state index contributed by atoms with van der Waals surface area (Å²) in [7, 11) is -1.58. The zero-order chi connectivity index (χ0) is 13.8. The molecule has 0 aliphatic rings. The van der Waals surface area contributed by atoms with Crippen LogP contribution in [0.1, 0.15) is 5.56 Å². The standard InChI is InChI=1S/C13H11BF2O3/c15-11-4-5-12(16)13(7-11)19-8-9-2-1-3-10(6-9)14(17)18/h1-7,17-18H,8H2. The van der Waals surface area contributed by atoms with Crippen molar-refractivity contribution in [2.24, 2.45) is 0 Å². The average Bonchev–Trinajstić information content (AvgIpc) is 2.40. The fraction of sp³-hybridized carbons (Fsp3) is 0.0769. The molecule has 2 rings (SSSR count). The molecule has 0 unspecified atom stereocenters. The van der Waals surface area contributed by atoms with Crippen LogP contribution in [0.2, 0.25) is 0 Å². The molecule has 0 heterocycles. The third-order valence-corrected chi connectivity index (χ3v) is 2.54. The van der Waals surface area contributed by atoms with Crippen LogP contribution in [0.5, 0.6) is 5.75 Å². The van der Waals surface area contributed by atoms with Crippen LogP contribution in [0.3, 0.4) is 0 Å². The van der Waals surface area contributed by atoms with Crippen molar-refractivity contribution in [2.75, 3.05) is 0 Å². The highest BCUT2D eigenvalue weighted by Gasteiger charge is 2.11. The fourth-order valence-electron chi connectivity index (χ4n) is 1.59. The van der Waals surface area contributed by atoms with Gasteiger partial charge in [0.2, 0.25) is 0 Å². The summed E-state index contributed by atoms with van der Waals surface area (Å²) in [5.74, 6) is -1.43. The summed E-state index contributed by atoms with van der Waals surface area (Å²) in [6, 6.07) is 9.31. The lowest BCUT2D eigenvalue weighted by atomic mass is 9.80. The summed E-state index contributed by atoms with van der Waals surface area (Å²) in [5.41, 5.74) is 0.926. The maximum atomic E-state index is 13.3. The Kier molecular flexibility index (Phi) is 4.14. The van der Waals surface area contributed by atoms with Gasteiger partial charge in [-0.05, 0) is 23.2 Å². The second-order valence-corrected chi connectivity index (χ2v) is 3.98. The van der Waals surface area contributed by atoms with Crippen LogP contribution in [-0.4, -0.2) is 17.2 Å². The molecule has 2 aromatic rings. The first-order valence-electron chi connectivity index (χ1n) is 5.59. The Balaban J connectivity index is 2.10. The lowest BCUT2D eigenvalue weighted by Gasteiger charge is -2.08. The molecule has 98 valence electrons. The number of hydrogen-bond acceptors (Lipinski definition) is 3. The van der Waals surface area contributed by atoms with Gasteiger partial charge < -0.3 is 14.8 Å². The van der Waals surface area contributed by atoms with Crippen LogP contribution in [0, 0.1) is 11.6 Å². The molecule has 0 radical (unpaired) electrons. The number of benzene rings is 2. The molecule has 19 heavy (non-hydrogen) atoms. The average molecular weight is 264 g/mol. The minimum atomic E-state index is -1.58. The van der Waals surface area contributed by atoms with Crippen molar-refractivity contribution in [1.82, 2.24) is 0 Å². The zero-order valence-electron chi connectivity index (χ0n) is 9.88. The van der Waals surface area contributed by atoms with E-state index in [4.69, 9.17) is 14.8 Å². The van der Waals surface area contributed by atoms with E-state index in [0.717, 1.165) is 18.2 Å². The van der Waals surface area contributed by atoms with E-state index in [9.17, 15) is 8.78 Å². The number of ether oxygens (including phenoxy) is 1. The van der Waals surface area contributed by atoms with E-state index in [0.29, 0.717) is 11.0 Å². The van der Waals surface area contributed by atoms with Crippen molar-refractivity contribution < 1.29 is 23.6 Å². The Bertz CT molecular complexity index is 576. The fourth-order valence-corrected chi connectivity index (χ4v) is 1.59. The Morgan fingerprint density at radius 3 is 2.58 bits per heavy atom. The molecule has 0 aliphatic heterocycles. The number of halogens is 2. The van der Waals surface area contributed by atoms with Gasteiger partial charge in [-0.1, -0.05) is 24.3 Å². The first-order valence-corrected chi connectivity index (χ1v) is 5.59. The number of hydrogen-bond donors (Lipinski definition) is 2. The second kappa shape index (κ2) is 5.82. The summed E-state index contributed by atoms with van der Waals surface area (Å²) in [5, 5.41) is 18.0. The first kappa shape index (κ1) is 13.5. The quantitative estimate of drug-likeness (QED) is 0.816. The molecule has 0 atom stereocenters. The van der Waals surface area contributed by atoms with E-state index in [-0.39, 0.29) is 12.4 Å². The Labute approximate surface area is 109 Å². The smallest absolute Gasteiger partial charge is 0.486 e. The van der Waals surface area contributed by atoms with Gasteiger partial charge in [0.15, 0.2) is 11.6 Å². The van der Waals surface area contributed by atoms with Gasteiger partial charge in [-0.25, -0.2) is 8.78 Å². The highest BCUT2D eigenvalue weighted by atomic mass is 19.1. The van der Waals surface area contributed by atoms with Crippen LogP contribution < -0.4 is 10.2 Å². The van der Waals surface area contributed by atoms with Gasteiger partial charge in [0, 0.05) is 6.07 Å². The van der Waals surface area contributed by atoms with Crippen LogP contribution in [-0.2, 0) is 6.61 Å². The minimum absolute atomic E-state index is 0.000926. The van der Waals surface area contributed by atoms with Gasteiger partial charge in [-0.2, -0.15) is 0 Å². The van der Waals surface area contributed by atoms with Crippen LogP contribution in [0.15, 0.2) is 42.5 Å². The third-order valence-electron chi connectivity index (χ3n) is 2.54. The first-order chi connectivity index (χ1) is 9.06. The maximum Gasteiger partial charge on any atom is 0.488 e. The van der Waals surface area contributed by atoms with Gasteiger partial charge >= 0.3 is 7.12 Å². The summed E-state index contributed by atoms with van der Waals surface area (Å²) in [6.45, 7) is 0.000926. The molecule has 0 saturated carbocycles. The number of rotatable bonds is 4. The monoisotopic (exact) mass is 264 g/mol. The van der Waals surface area contributed by atoms with E-state index in [1.54, 1.807) is 12.1 Å². The van der Waals surface area contributed by atoms with Crippen molar-refractivity contribution >= 4 is 12.6 Å². The van der Waals surface area contributed by atoms with Crippen molar-refractivity contribution in [3.8, 4) is 5.75 Å². The Morgan fingerprint density at radius 1 is 1.05 bits per heavy atom. The molecule has 0 spiro atoms. The molecule has 6 heteroatoms. The van der Waals surface area contributed by atoms with Crippen molar-refractivity contribution in [3.63, 3.8) is 0 Å². The molecule has 2 N–H and O–H groups in total. The van der Waals surface area contributed by atoms with E-state index >= 15 is 0 Å². The predicted molar refractivity (Wildman–Crippen MR) is 67.0 cm³/mol. The predicted octanol–water partition coefficient (Wildman–Crippen LogP) is 1.22. The molecule has 0 aliphatic carbocycles.